The molecule has 0 unspecified atom stereocenters. The Labute approximate surface area is 104 Å². The Balaban J connectivity index is 2.23. The van der Waals surface area contributed by atoms with E-state index >= 15 is 0 Å². The van der Waals surface area contributed by atoms with Gasteiger partial charge in [0, 0.05) is 11.1 Å². The second kappa shape index (κ2) is 3.46. The van der Waals surface area contributed by atoms with Gasteiger partial charge >= 0.3 is 0 Å². The van der Waals surface area contributed by atoms with Crippen molar-refractivity contribution in [2.45, 2.75) is 12.8 Å². The Morgan fingerprint density at radius 2 is 2.00 bits per heavy atom. The van der Waals surface area contributed by atoms with Gasteiger partial charge in [0.25, 0.3) is 0 Å². The van der Waals surface area contributed by atoms with Crippen molar-refractivity contribution < 1.29 is 0 Å². The Kier molecular flexibility index (Phi) is 2.18. The van der Waals surface area contributed by atoms with E-state index in [9.17, 15) is 0 Å². The van der Waals surface area contributed by atoms with E-state index in [1.807, 2.05) is 18.2 Å². The Bertz CT molecular complexity index is 569. The second-order valence-electron chi connectivity index (χ2n) is 4.16. The van der Waals surface area contributed by atoms with Gasteiger partial charge in [-0.25, -0.2) is 0 Å². The van der Waals surface area contributed by atoms with Crippen LogP contribution in [-0.4, -0.2) is 13.6 Å². The standard InChI is InChI=1S/C13H9BBrN/c14-7-1-3-9-10-4-2-8(15)6-12(10)13(16)11(9)5-7/h1,3,5-6,16H,2,4H2. The number of halogens is 1. The smallest absolute Gasteiger partial charge is 0.113 e. The third-order valence-electron chi connectivity index (χ3n) is 3.15. The van der Waals surface area contributed by atoms with Crippen LogP contribution in [0.25, 0.3) is 5.57 Å². The van der Waals surface area contributed by atoms with Crippen molar-refractivity contribution in [2.75, 3.05) is 0 Å². The summed E-state index contributed by atoms with van der Waals surface area (Å²) in [5.74, 6) is 0. The molecule has 0 atom stereocenters. The molecule has 0 aromatic heterocycles. The lowest BCUT2D eigenvalue weighted by Crippen LogP contribution is -2.06. The fraction of sp³-hybridized carbons (Fsp3) is 0.154. The number of rotatable bonds is 0. The van der Waals surface area contributed by atoms with Crippen molar-refractivity contribution in [3.63, 3.8) is 0 Å². The zero-order valence-corrected chi connectivity index (χ0v) is 10.3. The van der Waals surface area contributed by atoms with Gasteiger partial charge in [-0.2, -0.15) is 0 Å². The second-order valence-corrected chi connectivity index (χ2v) is 5.18. The van der Waals surface area contributed by atoms with Crippen molar-refractivity contribution in [1.82, 2.24) is 0 Å². The molecule has 1 N–H and O–H groups in total. The van der Waals surface area contributed by atoms with Gasteiger partial charge in [0.2, 0.25) is 0 Å². The summed E-state index contributed by atoms with van der Waals surface area (Å²) in [6, 6.07) is 5.85. The van der Waals surface area contributed by atoms with Gasteiger partial charge in [0.05, 0.1) is 5.71 Å². The summed E-state index contributed by atoms with van der Waals surface area (Å²) >= 11 is 3.52. The van der Waals surface area contributed by atoms with Crippen molar-refractivity contribution in [2.24, 2.45) is 0 Å². The topological polar surface area (TPSA) is 23.9 Å². The van der Waals surface area contributed by atoms with Crippen LogP contribution in [0.4, 0.5) is 0 Å². The maximum absolute atomic E-state index is 8.16. The molecule has 0 aliphatic heterocycles. The van der Waals surface area contributed by atoms with Gasteiger partial charge in [-0.05, 0) is 34.5 Å². The van der Waals surface area contributed by atoms with Crippen LogP contribution in [0.1, 0.15) is 24.0 Å². The lowest BCUT2D eigenvalue weighted by Gasteiger charge is -2.11. The fourth-order valence-electron chi connectivity index (χ4n) is 2.37. The summed E-state index contributed by atoms with van der Waals surface area (Å²) in [6.07, 6.45) is 4.10. The normalized spacial score (nSPS) is 18.3. The van der Waals surface area contributed by atoms with Gasteiger partial charge < -0.3 is 0 Å². The summed E-state index contributed by atoms with van der Waals surface area (Å²) in [7, 11) is 5.77. The molecule has 2 aliphatic carbocycles. The molecular formula is C13H9BBrN. The summed E-state index contributed by atoms with van der Waals surface area (Å²) in [6.45, 7) is 0. The first-order valence-corrected chi connectivity index (χ1v) is 6.04. The summed E-state index contributed by atoms with van der Waals surface area (Å²) in [4.78, 5) is 0. The lowest BCUT2D eigenvalue weighted by atomic mass is 9.91. The van der Waals surface area contributed by atoms with Crippen molar-refractivity contribution in [1.29, 1.82) is 5.41 Å². The van der Waals surface area contributed by atoms with E-state index in [-0.39, 0.29) is 0 Å². The molecule has 3 heteroatoms. The molecule has 76 valence electrons. The summed E-state index contributed by atoms with van der Waals surface area (Å²) < 4.78 is 1.18. The molecule has 1 aromatic carbocycles. The summed E-state index contributed by atoms with van der Waals surface area (Å²) in [5, 5.41) is 8.16. The highest BCUT2D eigenvalue weighted by atomic mass is 79.9. The van der Waals surface area contributed by atoms with E-state index in [4.69, 9.17) is 13.3 Å². The van der Waals surface area contributed by atoms with E-state index in [2.05, 4.69) is 22.0 Å². The molecule has 0 fully saturated rings. The number of fused-ring (bicyclic) bond motifs is 2. The average Bonchev–Trinajstić information content (AvgIpc) is 2.53. The van der Waals surface area contributed by atoms with Crippen molar-refractivity contribution in [3.8, 4) is 0 Å². The first kappa shape index (κ1) is 10.1. The Morgan fingerprint density at radius 1 is 1.19 bits per heavy atom. The first-order chi connectivity index (χ1) is 7.66. The molecule has 0 spiro atoms. The average molecular weight is 270 g/mol. The third kappa shape index (κ3) is 1.35. The van der Waals surface area contributed by atoms with Crippen LogP contribution in [0.15, 0.2) is 34.3 Å². The molecule has 1 nitrogen and oxygen atoms in total. The van der Waals surface area contributed by atoms with Crippen molar-refractivity contribution >= 4 is 40.5 Å². The van der Waals surface area contributed by atoms with E-state index in [1.165, 1.54) is 15.6 Å². The molecule has 1 aromatic rings. The van der Waals surface area contributed by atoms with E-state index in [0.29, 0.717) is 5.71 Å². The third-order valence-corrected chi connectivity index (χ3v) is 3.77. The van der Waals surface area contributed by atoms with Crippen LogP contribution < -0.4 is 5.46 Å². The van der Waals surface area contributed by atoms with Gasteiger partial charge in [0.1, 0.15) is 7.85 Å². The number of hydrogen-bond acceptors (Lipinski definition) is 1. The molecule has 2 aliphatic rings. The predicted octanol–water partition coefficient (Wildman–Crippen LogP) is 2.69. The molecule has 16 heavy (non-hydrogen) atoms. The van der Waals surface area contributed by atoms with Crippen LogP contribution in [0.5, 0.6) is 0 Å². The van der Waals surface area contributed by atoms with Crippen LogP contribution in [0, 0.1) is 5.41 Å². The molecule has 0 saturated heterocycles. The highest BCUT2D eigenvalue weighted by Crippen LogP contribution is 2.41. The van der Waals surface area contributed by atoms with Crippen LogP contribution in [0.3, 0.4) is 0 Å². The maximum Gasteiger partial charge on any atom is 0.113 e. The molecule has 2 radical (unpaired) electrons. The van der Waals surface area contributed by atoms with Gasteiger partial charge in [-0.3, -0.25) is 5.41 Å². The minimum Gasteiger partial charge on any atom is -0.300 e. The van der Waals surface area contributed by atoms with E-state index in [1.54, 1.807) is 0 Å². The number of nitrogens with one attached hydrogen (secondary N) is 1. The zero-order valence-electron chi connectivity index (χ0n) is 8.68. The minimum absolute atomic E-state index is 0.606. The number of benzene rings is 1. The van der Waals surface area contributed by atoms with Crippen molar-refractivity contribution in [3.05, 3.63) is 45.5 Å². The van der Waals surface area contributed by atoms with E-state index < -0.39 is 0 Å². The number of allylic oxidation sites excluding steroid dienone is 4. The number of hydrogen-bond donors (Lipinski definition) is 1. The lowest BCUT2D eigenvalue weighted by molar-refractivity contribution is 1.04. The maximum atomic E-state index is 8.16. The van der Waals surface area contributed by atoms with Crippen LogP contribution in [0.2, 0.25) is 0 Å². The van der Waals surface area contributed by atoms with Gasteiger partial charge in [0.15, 0.2) is 0 Å². The molecule has 0 heterocycles. The molecule has 3 rings (SSSR count). The minimum atomic E-state index is 0.606. The quantitative estimate of drug-likeness (QED) is 0.701. The van der Waals surface area contributed by atoms with Crippen LogP contribution in [-0.2, 0) is 0 Å². The molecular weight excluding hydrogens is 261 g/mol. The van der Waals surface area contributed by atoms with Crippen LogP contribution >= 0.6 is 15.9 Å². The highest BCUT2D eigenvalue weighted by Gasteiger charge is 2.27. The summed E-state index contributed by atoms with van der Waals surface area (Å²) in [5.41, 5.74) is 5.84. The Morgan fingerprint density at radius 3 is 2.81 bits per heavy atom. The largest absolute Gasteiger partial charge is 0.300 e. The molecule has 0 amide bonds. The first-order valence-electron chi connectivity index (χ1n) is 5.25. The fourth-order valence-corrected chi connectivity index (χ4v) is 2.80. The van der Waals surface area contributed by atoms with Gasteiger partial charge in [-0.15, -0.1) is 0 Å². The zero-order chi connectivity index (χ0) is 11.3. The SMILES string of the molecule is [B]c1ccc2c(c1)C(=N)C1=C2CCC(Br)=C1. The highest BCUT2D eigenvalue weighted by molar-refractivity contribution is 9.11. The molecule has 0 bridgehead atoms. The monoisotopic (exact) mass is 269 g/mol. The van der Waals surface area contributed by atoms with Gasteiger partial charge in [-0.1, -0.05) is 39.6 Å². The van der Waals surface area contributed by atoms with E-state index in [0.717, 1.165) is 29.4 Å². The molecule has 0 saturated carbocycles. The Hall–Kier alpha value is -1.09. The predicted molar refractivity (Wildman–Crippen MR) is 71.8 cm³/mol.